The lowest BCUT2D eigenvalue weighted by Crippen LogP contribution is -2.39. The number of carbonyl (C=O) groups excluding carboxylic acids is 3. The van der Waals surface area contributed by atoms with Gasteiger partial charge in [0.1, 0.15) is 6.54 Å². The lowest BCUT2D eigenvalue weighted by molar-refractivity contribution is -0.141. The average molecular weight is 264 g/mol. The van der Waals surface area contributed by atoms with Gasteiger partial charge in [0.05, 0.1) is 20.1 Å². The van der Waals surface area contributed by atoms with Crippen LogP contribution in [-0.2, 0) is 25.5 Å². The summed E-state index contributed by atoms with van der Waals surface area (Å²) in [5, 5.41) is 4.79. The van der Waals surface area contributed by atoms with Crippen LogP contribution in [0.15, 0.2) is 30.3 Å². The molecule has 0 saturated heterocycles. The van der Waals surface area contributed by atoms with Crippen molar-refractivity contribution in [2.24, 2.45) is 0 Å². The number of rotatable bonds is 6. The van der Waals surface area contributed by atoms with Crippen LogP contribution in [0.2, 0.25) is 0 Å². The van der Waals surface area contributed by atoms with Crippen molar-refractivity contribution >= 4 is 17.8 Å². The average Bonchev–Trinajstić information content (AvgIpc) is 2.43. The molecule has 6 nitrogen and oxygen atoms in total. The summed E-state index contributed by atoms with van der Waals surface area (Å²) in [5.41, 5.74) is 0.870. The minimum absolute atomic E-state index is 0.164. The molecular formula is C13H16N2O4. The van der Waals surface area contributed by atoms with E-state index in [1.165, 1.54) is 7.11 Å². The molecule has 0 radical (unpaired) electrons. The molecule has 0 aromatic heterocycles. The van der Waals surface area contributed by atoms with Gasteiger partial charge in [-0.15, -0.1) is 0 Å². The molecule has 2 N–H and O–H groups in total. The zero-order chi connectivity index (χ0) is 14.1. The Labute approximate surface area is 111 Å². The van der Waals surface area contributed by atoms with Crippen molar-refractivity contribution in [3.05, 3.63) is 35.9 Å². The Morgan fingerprint density at radius 1 is 1.00 bits per heavy atom. The topological polar surface area (TPSA) is 84.5 Å². The van der Waals surface area contributed by atoms with Crippen LogP contribution in [0.25, 0.3) is 0 Å². The van der Waals surface area contributed by atoms with E-state index in [1.54, 1.807) is 0 Å². The predicted octanol–water partition coefficient (Wildman–Crippen LogP) is -0.365. The second kappa shape index (κ2) is 7.86. The van der Waals surface area contributed by atoms with Crippen LogP contribution >= 0.6 is 0 Å². The van der Waals surface area contributed by atoms with E-state index in [2.05, 4.69) is 15.4 Å². The van der Waals surface area contributed by atoms with Crippen molar-refractivity contribution < 1.29 is 19.1 Å². The highest BCUT2D eigenvalue weighted by Crippen LogP contribution is 1.98. The first-order valence-corrected chi connectivity index (χ1v) is 5.76. The van der Waals surface area contributed by atoms with Gasteiger partial charge in [-0.3, -0.25) is 14.4 Å². The predicted molar refractivity (Wildman–Crippen MR) is 68.2 cm³/mol. The van der Waals surface area contributed by atoms with E-state index >= 15 is 0 Å². The maximum absolute atomic E-state index is 11.5. The number of ether oxygens (including phenoxy) is 1. The van der Waals surface area contributed by atoms with Gasteiger partial charge in [-0.05, 0) is 5.56 Å². The smallest absolute Gasteiger partial charge is 0.325 e. The number of carbonyl (C=O) groups is 3. The Balaban J connectivity index is 2.23. The third-order valence-electron chi connectivity index (χ3n) is 2.31. The second-order valence-corrected chi connectivity index (χ2v) is 3.79. The zero-order valence-corrected chi connectivity index (χ0v) is 10.6. The molecule has 0 spiro atoms. The first kappa shape index (κ1) is 14.7. The van der Waals surface area contributed by atoms with Crippen molar-refractivity contribution in [1.29, 1.82) is 0 Å². The van der Waals surface area contributed by atoms with Crippen LogP contribution < -0.4 is 10.6 Å². The van der Waals surface area contributed by atoms with Crippen LogP contribution in [0.3, 0.4) is 0 Å². The molecule has 0 saturated carbocycles. The summed E-state index contributed by atoms with van der Waals surface area (Å²) in [5.74, 6) is -1.23. The van der Waals surface area contributed by atoms with E-state index in [-0.39, 0.29) is 25.4 Å². The molecule has 0 fully saturated rings. The van der Waals surface area contributed by atoms with Crippen LogP contribution in [0, 0.1) is 0 Å². The van der Waals surface area contributed by atoms with Crippen LogP contribution in [0.1, 0.15) is 5.56 Å². The molecule has 19 heavy (non-hydrogen) atoms. The van der Waals surface area contributed by atoms with Crippen molar-refractivity contribution in [1.82, 2.24) is 10.6 Å². The fourth-order valence-corrected chi connectivity index (χ4v) is 1.33. The molecule has 0 unspecified atom stereocenters. The van der Waals surface area contributed by atoms with Gasteiger partial charge in [0, 0.05) is 0 Å². The zero-order valence-electron chi connectivity index (χ0n) is 10.6. The Hall–Kier alpha value is -2.37. The lowest BCUT2D eigenvalue weighted by Gasteiger charge is -2.06. The van der Waals surface area contributed by atoms with Crippen LogP contribution in [-0.4, -0.2) is 38.0 Å². The Morgan fingerprint density at radius 3 is 2.26 bits per heavy atom. The molecule has 6 heteroatoms. The second-order valence-electron chi connectivity index (χ2n) is 3.79. The van der Waals surface area contributed by atoms with Crippen molar-refractivity contribution in [2.75, 3.05) is 20.2 Å². The fourth-order valence-electron chi connectivity index (χ4n) is 1.33. The van der Waals surface area contributed by atoms with Gasteiger partial charge in [-0.2, -0.15) is 0 Å². The maximum atomic E-state index is 11.5. The molecule has 1 rings (SSSR count). The first-order chi connectivity index (χ1) is 9.11. The molecule has 0 atom stereocenters. The number of amides is 2. The SMILES string of the molecule is COC(=O)CNC(=O)CNC(=O)Cc1ccccc1. The minimum atomic E-state index is -0.538. The summed E-state index contributed by atoms with van der Waals surface area (Å²) in [4.78, 5) is 33.6. The summed E-state index contributed by atoms with van der Waals surface area (Å²) < 4.78 is 4.36. The molecule has 0 heterocycles. The van der Waals surface area contributed by atoms with Crippen molar-refractivity contribution in [3.63, 3.8) is 0 Å². The number of esters is 1. The lowest BCUT2D eigenvalue weighted by atomic mass is 10.1. The Morgan fingerprint density at radius 2 is 1.63 bits per heavy atom. The number of methoxy groups -OCH3 is 1. The quantitative estimate of drug-likeness (QED) is 0.687. The molecule has 1 aromatic rings. The molecule has 2 amide bonds. The molecular weight excluding hydrogens is 248 g/mol. The highest BCUT2D eigenvalue weighted by Gasteiger charge is 2.07. The third kappa shape index (κ3) is 6.21. The number of benzene rings is 1. The van der Waals surface area contributed by atoms with Gasteiger partial charge in [-0.1, -0.05) is 30.3 Å². The molecule has 0 aliphatic rings. The normalized spacial score (nSPS) is 9.53. The standard InChI is InChI=1S/C13H16N2O4/c1-19-13(18)9-15-12(17)8-14-11(16)7-10-5-3-2-4-6-10/h2-6H,7-9H2,1H3,(H,14,16)(H,15,17). The molecule has 102 valence electrons. The third-order valence-corrected chi connectivity index (χ3v) is 2.31. The highest BCUT2D eigenvalue weighted by atomic mass is 16.5. The van der Waals surface area contributed by atoms with E-state index in [0.29, 0.717) is 0 Å². The Bertz CT molecular complexity index is 445. The largest absolute Gasteiger partial charge is 0.468 e. The minimum Gasteiger partial charge on any atom is -0.468 e. The summed E-state index contributed by atoms with van der Waals surface area (Å²) >= 11 is 0. The van der Waals surface area contributed by atoms with Crippen LogP contribution in [0.4, 0.5) is 0 Å². The van der Waals surface area contributed by atoms with Gasteiger partial charge in [0.15, 0.2) is 0 Å². The summed E-state index contributed by atoms with van der Waals surface area (Å²) in [6, 6.07) is 9.20. The maximum Gasteiger partial charge on any atom is 0.325 e. The number of hydrogen-bond acceptors (Lipinski definition) is 4. The van der Waals surface area contributed by atoms with Gasteiger partial charge >= 0.3 is 5.97 Å². The van der Waals surface area contributed by atoms with E-state index in [1.807, 2.05) is 30.3 Å². The van der Waals surface area contributed by atoms with Gasteiger partial charge in [-0.25, -0.2) is 0 Å². The summed E-state index contributed by atoms with van der Waals surface area (Å²) in [7, 11) is 1.23. The number of hydrogen-bond donors (Lipinski definition) is 2. The van der Waals surface area contributed by atoms with E-state index < -0.39 is 11.9 Å². The highest BCUT2D eigenvalue weighted by molar-refractivity contribution is 5.87. The molecule has 1 aromatic carbocycles. The molecule has 0 bridgehead atoms. The summed E-state index contributed by atoms with van der Waals surface area (Å²) in [6.45, 7) is -0.369. The van der Waals surface area contributed by atoms with Gasteiger partial charge in [0.25, 0.3) is 0 Å². The molecule has 0 aliphatic heterocycles. The van der Waals surface area contributed by atoms with Crippen molar-refractivity contribution in [2.45, 2.75) is 6.42 Å². The van der Waals surface area contributed by atoms with E-state index in [4.69, 9.17) is 0 Å². The first-order valence-electron chi connectivity index (χ1n) is 5.76. The van der Waals surface area contributed by atoms with Crippen LogP contribution in [0.5, 0.6) is 0 Å². The van der Waals surface area contributed by atoms with Crippen molar-refractivity contribution in [3.8, 4) is 0 Å². The summed E-state index contributed by atoms with van der Waals surface area (Å²) in [6.07, 6.45) is 0.213. The van der Waals surface area contributed by atoms with Gasteiger partial charge < -0.3 is 15.4 Å². The fraction of sp³-hybridized carbons (Fsp3) is 0.308. The van der Waals surface area contributed by atoms with E-state index in [9.17, 15) is 14.4 Å². The Kier molecular flexibility index (Phi) is 6.08. The number of nitrogens with one attached hydrogen (secondary N) is 2. The molecule has 0 aliphatic carbocycles. The monoisotopic (exact) mass is 264 g/mol. The van der Waals surface area contributed by atoms with E-state index in [0.717, 1.165) is 5.56 Å². The van der Waals surface area contributed by atoms with Gasteiger partial charge in [0.2, 0.25) is 11.8 Å².